The third-order valence-electron chi connectivity index (χ3n) is 2.69. The van der Waals surface area contributed by atoms with E-state index in [0.29, 0.717) is 0 Å². The number of anilines is 1. The Kier molecular flexibility index (Phi) is 4.95. The molecule has 1 N–H and O–H groups in total. The molecule has 2 aromatic carbocycles. The van der Waals surface area contributed by atoms with Crippen LogP contribution in [0.3, 0.4) is 0 Å². The summed E-state index contributed by atoms with van der Waals surface area (Å²) >= 11 is 0. The molecule has 0 unspecified atom stereocenters. The SMILES string of the molecule is CS(=O)(=O)Nc1ccc(OS(=O)(=O)c2c(F)c(F)cc(F)c2F)cc1. The standard InChI is InChI=1S/C13H9F4NO5S2/c1-24(19,20)18-7-2-4-8(5-3-7)23-25(21,22)13-11(16)9(14)6-10(15)12(13)17/h2-6,18H,1H3. The molecule has 2 aromatic rings. The molecule has 0 heterocycles. The summed E-state index contributed by atoms with van der Waals surface area (Å²) in [4.78, 5) is -1.91. The monoisotopic (exact) mass is 399 g/mol. The summed E-state index contributed by atoms with van der Waals surface area (Å²) in [5.74, 6) is -8.55. The molecule has 0 aliphatic heterocycles. The van der Waals surface area contributed by atoms with E-state index >= 15 is 0 Å². The minimum absolute atomic E-state index is 0.0569. The maximum atomic E-state index is 13.6. The van der Waals surface area contributed by atoms with Crippen molar-refractivity contribution in [1.29, 1.82) is 0 Å². The molecule has 0 amide bonds. The van der Waals surface area contributed by atoms with Gasteiger partial charge < -0.3 is 4.18 Å². The first-order valence-electron chi connectivity index (χ1n) is 6.26. The number of nitrogens with one attached hydrogen (secondary N) is 1. The lowest BCUT2D eigenvalue weighted by atomic mass is 10.3. The van der Waals surface area contributed by atoms with Gasteiger partial charge in [0.25, 0.3) is 0 Å². The average molecular weight is 399 g/mol. The zero-order valence-electron chi connectivity index (χ0n) is 12.3. The minimum Gasteiger partial charge on any atom is -0.379 e. The number of hydrogen-bond acceptors (Lipinski definition) is 5. The Balaban J connectivity index is 2.37. The summed E-state index contributed by atoms with van der Waals surface area (Å²) in [5.41, 5.74) is 0.0569. The van der Waals surface area contributed by atoms with E-state index in [0.717, 1.165) is 30.5 Å². The molecule has 0 atom stereocenters. The van der Waals surface area contributed by atoms with Crippen molar-refractivity contribution in [2.45, 2.75) is 4.90 Å². The molecule has 0 spiro atoms. The van der Waals surface area contributed by atoms with Crippen molar-refractivity contribution < 1.29 is 38.6 Å². The fourth-order valence-corrected chi connectivity index (χ4v) is 3.38. The van der Waals surface area contributed by atoms with Gasteiger partial charge >= 0.3 is 10.1 Å². The first-order chi connectivity index (χ1) is 11.4. The number of halogens is 4. The van der Waals surface area contributed by atoms with Crippen LogP contribution >= 0.6 is 0 Å². The lowest BCUT2D eigenvalue weighted by Gasteiger charge is -2.10. The van der Waals surface area contributed by atoms with Gasteiger partial charge in [-0.25, -0.2) is 26.0 Å². The topological polar surface area (TPSA) is 89.5 Å². The summed E-state index contributed by atoms with van der Waals surface area (Å²) in [6.45, 7) is 0. The summed E-state index contributed by atoms with van der Waals surface area (Å²) in [7, 11) is -8.82. The van der Waals surface area contributed by atoms with Crippen LogP contribution < -0.4 is 8.91 Å². The Morgan fingerprint density at radius 2 is 1.36 bits per heavy atom. The summed E-state index contributed by atoms with van der Waals surface area (Å²) in [6, 6.07) is 4.00. The molecule has 2 rings (SSSR count). The lowest BCUT2D eigenvalue weighted by Crippen LogP contribution is -2.16. The van der Waals surface area contributed by atoms with Crippen LogP contribution in [0, 0.1) is 23.3 Å². The van der Waals surface area contributed by atoms with Crippen LogP contribution in [-0.2, 0) is 20.1 Å². The normalized spacial score (nSPS) is 12.0. The molecule has 12 heteroatoms. The number of rotatable bonds is 5. The van der Waals surface area contributed by atoms with Crippen LogP contribution in [0.15, 0.2) is 35.2 Å². The van der Waals surface area contributed by atoms with Crippen LogP contribution in [-0.4, -0.2) is 23.1 Å². The fraction of sp³-hybridized carbons (Fsp3) is 0.0769. The second-order valence-corrected chi connectivity index (χ2v) is 7.96. The van der Waals surface area contributed by atoms with Crippen molar-refractivity contribution in [3.05, 3.63) is 53.6 Å². The van der Waals surface area contributed by atoms with E-state index in [1.165, 1.54) is 0 Å². The summed E-state index contributed by atoms with van der Waals surface area (Å²) in [5, 5.41) is 0. The van der Waals surface area contributed by atoms with Crippen LogP contribution in [0.25, 0.3) is 0 Å². The van der Waals surface area contributed by atoms with Crippen LogP contribution in [0.2, 0.25) is 0 Å². The van der Waals surface area contributed by atoms with E-state index in [9.17, 15) is 34.4 Å². The Morgan fingerprint density at radius 3 is 1.80 bits per heavy atom. The first kappa shape index (κ1) is 19.0. The highest BCUT2D eigenvalue weighted by Crippen LogP contribution is 2.27. The smallest absolute Gasteiger partial charge is 0.345 e. The Labute approximate surface area is 140 Å². The lowest BCUT2D eigenvalue weighted by molar-refractivity contribution is 0.405. The van der Waals surface area contributed by atoms with Gasteiger partial charge in [0.05, 0.1) is 6.26 Å². The molecule has 0 fully saturated rings. The fourth-order valence-electron chi connectivity index (χ4n) is 1.73. The predicted molar refractivity (Wildman–Crippen MR) is 79.0 cm³/mol. The van der Waals surface area contributed by atoms with Gasteiger partial charge in [-0.2, -0.15) is 8.42 Å². The van der Waals surface area contributed by atoms with E-state index in [4.69, 9.17) is 0 Å². The van der Waals surface area contributed by atoms with Crippen molar-refractivity contribution in [1.82, 2.24) is 0 Å². The second kappa shape index (κ2) is 6.52. The average Bonchev–Trinajstić information content (AvgIpc) is 2.45. The highest BCUT2D eigenvalue weighted by molar-refractivity contribution is 7.92. The van der Waals surface area contributed by atoms with Gasteiger partial charge in [0.1, 0.15) is 5.75 Å². The molecular formula is C13H9F4NO5S2. The van der Waals surface area contributed by atoms with E-state index < -0.39 is 54.1 Å². The second-order valence-electron chi connectivity index (χ2n) is 4.73. The molecule has 0 saturated carbocycles. The van der Waals surface area contributed by atoms with Gasteiger partial charge in [-0.05, 0) is 24.3 Å². The van der Waals surface area contributed by atoms with Crippen molar-refractivity contribution in [3.63, 3.8) is 0 Å². The Bertz CT molecular complexity index is 995. The van der Waals surface area contributed by atoms with E-state index in [1.54, 1.807) is 0 Å². The van der Waals surface area contributed by atoms with Gasteiger partial charge in [0, 0.05) is 11.8 Å². The molecule has 136 valence electrons. The number of hydrogen-bond donors (Lipinski definition) is 1. The third kappa shape index (κ3) is 4.39. The molecule has 0 radical (unpaired) electrons. The van der Waals surface area contributed by atoms with E-state index in [1.807, 2.05) is 0 Å². The molecule has 0 aliphatic carbocycles. The van der Waals surface area contributed by atoms with Gasteiger partial charge in [-0.1, -0.05) is 0 Å². The van der Waals surface area contributed by atoms with Gasteiger partial charge in [0.2, 0.25) is 10.0 Å². The highest BCUT2D eigenvalue weighted by Gasteiger charge is 2.31. The van der Waals surface area contributed by atoms with Gasteiger partial charge in [-0.15, -0.1) is 0 Å². The van der Waals surface area contributed by atoms with Gasteiger partial charge in [0.15, 0.2) is 28.2 Å². The zero-order chi connectivity index (χ0) is 19.0. The van der Waals surface area contributed by atoms with Crippen molar-refractivity contribution in [2.75, 3.05) is 11.0 Å². The maximum absolute atomic E-state index is 13.6. The Morgan fingerprint density at radius 1 is 0.880 bits per heavy atom. The third-order valence-corrected chi connectivity index (χ3v) is 4.56. The molecule has 0 saturated heterocycles. The molecule has 25 heavy (non-hydrogen) atoms. The number of benzene rings is 2. The summed E-state index contributed by atoms with van der Waals surface area (Å²) < 4.78 is 106. The highest BCUT2D eigenvalue weighted by atomic mass is 32.2. The van der Waals surface area contributed by atoms with Crippen LogP contribution in [0.1, 0.15) is 0 Å². The Hall–Kier alpha value is -2.34. The van der Waals surface area contributed by atoms with Crippen molar-refractivity contribution in [3.8, 4) is 5.75 Å². The van der Waals surface area contributed by atoms with E-state index in [-0.39, 0.29) is 11.8 Å². The molecule has 0 aliphatic rings. The largest absolute Gasteiger partial charge is 0.379 e. The first-order valence-corrected chi connectivity index (χ1v) is 9.56. The van der Waals surface area contributed by atoms with Crippen molar-refractivity contribution >= 4 is 25.8 Å². The summed E-state index contributed by atoms with van der Waals surface area (Å²) in [6.07, 6.45) is 0.881. The number of sulfonamides is 1. The molecular weight excluding hydrogens is 390 g/mol. The van der Waals surface area contributed by atoms with Crippen LogP contribution in [0.5, 0.6) is 5.75 Å². The minimum atomic E-state index is -5.24. The molecule has 0 bridgehead atoms. The quantitative estimate of drug-likeness (QED) is 0.474. The van der Waals surface area contributed by atoms with Crippen molar-refractivity contribution in [2.24, 2.45) is 0 Å². The van der Waals surface area contributed by atoms with E-state index in [2.05, 4.69) is 8.91 Å². The van der Waals surface area contributed by atoms with Crippen LogP contribution in [0.4, 0.5) is 23.2 Å². The zero-order valence-corrected chi connectivity index (χ0v) is 13.9. The van der Waals surface area contributed by atoms with Gasteiger partial charge in [-0.3, -0.25) is 4.72 Å². The maximum Gasteiger partial charge on any atom is 0.345 e. The molecule has 0 aromatic heterocycles. The molecule has 6 nitrogen and oxygen atoms in total. The predicted octanol–water partition coefficient (Wildman–Crippen LogP) is 2.38.